The van der Waals surface area contributed by atoms with Crippen LogP contribution < -0.4 is 15.4 Å². The predicted octanol–water partition coefficient (Wildman–Crippen LogP) is 3.21. The Morgan fingerprint density at radius 2 is 1.67 bits per heavy atom. The summed E-state index contributed by atoms with van der Waals surface area (Å²) in [5, 5.41) is 5.22. The molecule has 0 unspecified atom stereocenters. The van der Waals surface area contributed by atoms with E-state index in [4.69, 9.17) is 4.74 Å². The van der Waals surface area contributed by atoms with Crippen LogP contribution in [0, 0.1) is 0 Å². The van der Waals surface area contributed by atoms with Crippen LogP contribution in [0.5, 0.6) is 5.75 Å². The number of halogens is 3. The second kappa shape index (κ2) is 9.04. The van der Waals surface area contributed by atoms with Gasteiger partial charge in [0.1, 0.15) is 5.75 Å². The third kappa shape index (κ3) is 6.30. The summed E-state index contributed by atoms with van der Waals surface area (Å²) in [6, 6.07) is 10.8. The standard InChI is InChI=1S/C18H17F3N2O4/c1-26-11-10-22-17(25)14-4-2-3-5-15(14)23-16(24)12-6-8-13(9-7-12)27-18(19,20)21/h2-9H,10-11H2,1H3,(H,22,25)(H,23,24). The van der Waals surface area contributed by atoms with E-state index in [9.17, 15) is 22.8 Å². The summed E-state index contributed by atoms with van der Waals surface area (Å²) >= 11 is 0. The fraction of sp³-hybridized carbons (Fsp3) is 0.222. The first kappa shape index (κ1) is 20.2. The molecule has 0 heterocycles. The molecule has 0 aliphatic heterocycles. The number of carbonyl (C=O) groups is 2. The summed E-state index contributed by atoms with van der Waals surface area (Å²) < 4.78 is 45.1. The van der Waals surface area contributed by atoms with Gasteiger partial charge in [-0.2, -0.15) is 0 Å². The second-order valence-corrected chi connectivity index (χ2v) is 5.32. The maximum Gasteiger partial charge on any atom is 0.573 e. The number of para-hydroxylation sites is 1. The van der Waals surface area contributed by atoms with Crippen LogP contribution in [0.4, 0.5) is 18.9 Å². The van der Waals surface area contributed by atoms with E-state index in [1.165, 1.54) is 25.3 Å². The van der Waals surface area contributed by atoms with Crippen LogP contribution in [0.15, 0.2) is 48.5 Å². The molecule has 0 radical (unpaired) electrons. The van der Waals surface area contributed by atoms with E-state index in [-0.39, 0.29) is 16.8 Å². The van der Waals surface area contributed by atoms with Crippen molar-refractivity contribution in [2.24, 2.45) is 0 Å². The Bertz CT molecular complexity index is 792. The third-order valence-corrected chi connectivity index (χ3v) is 3.36. The van der Waals surface area contributed by atoms with Crippen molar-refractivity contribution in [2.45, 2.75) is 6.36 Å². The molecule has 0 saturated carbocycles. The Morgan fingerprint density at radius 3 is 2.30 bits per heavy atom. The fourth-order valence-electron chi connectivity index (χ4n) is 2.15. The van der Waals surface area contributed by atoms with Gasteiger partial charge in [-0.25, -0.2) is 0 Å². The SMILES string of the molecule is COCCNC(=O)c1ccccc1NC(=O)c1ccc(OC(F)(F)F)cc1. The molecule has 9 heteroatoms. The number of rotatable bonds is 7. The molecular formula is C18H17F3N2O4. The number of hydrogen-bond acceptors (Lipinski definition) is 4. The molecule has 27 heavy (non-hydrogen) atoms. The quantitative estimate of drug-likeness (QED) is 0.721. The summed E-state index contributed by atoms with van der Waals surface area (Å²) in [6.45, 7) is 0.644. The van der Waals surface area contributed by atoms with Crippen molar-refractivity contribution < 1.29 is 32.2 Å². The van der Waals surface area contributed by atoms with Crippen molar-refractivity contribution in [1.29, 1.82) is 0 Å². The molecule has 0 spiro atoms. The van der Waals surface area contributed by atoms with Crippen molar-refractivity contribution >= 4 is 17.5 Å². The number of carbonyl (C=O) groups excluding carboxylic acids is 2. The minimum absolute atomic E-state index is 0.110. The van der Waals surface area contributed by atoms with E-state index < -0.39 is 23.9 Å². The zero-order chi connectivity index (χ0) is 19.9. The molecule has 0 bridgehead atoms. The monoisotopic (exact) mass is 382 g/mol. The molecule has 0 aliphatic carbocycles. The van der Waals surface area contributed by atoms with Gasteiger partial charge in [-0.05, 0) is 36.4 Å². The molecule has 2 aromatic rings. The van der Waals surface area contributed by atoms with Crippen molar-refractivity contribution in [3.05, 3.63) is 59.7 Å². The van der Waals surface area contributed by atoms with Crippen LogP contribution in [0.2, 0.25) is 0 Å². The first-order chi connectivity index (χ1) is 12.8. The highest BCUT2D eigenvalue weighted by Gasteiger charge is 2.31. The average Bonchev–Trinajstić information content (AvgIpc) is 2.61. The zero-order valence-corrected chi connectivity index (χ0v) is 14.3. The van der Waals surface area contributed by atoms with Crippen LogP contribution in [-0.2, 0) is 4.74 Å². The zero-order valence-electron chi connectivity index (χ0n) is 14.3. The molecule has 6 nitrogen and oxygen atoms in total. The number of hydrogen-bond donors (Lipinski definition) is 2. The molecule has 0 fully saturated rings. The van der Waals surface area contributed by atoms with Crippen molar-refractivity contribution in [3.8, 4) is 5.75 Å². The van der Waals surface area contributed by atoms with Crippen LogP contribution in [-0.4, -0.2) is 38.4 Å². The Morgan fingerprint density at radius 1 is 1.00 bits per heavy atom. The molecule has 0 aliphatic rings. The molecule has 2 amide bonds. The van der Waals surface area contributed by atoms with Crippen molar-refractivity contribution in [1.82, 2.24) is 5.32 Å². The van der Waals surface area contributed by atoms with E-state index in [2.05, 4.69) is 15.4 Å². The Kier molecular flexibility index (Phi) is 6.78. The Balaban J connectivity index is 2.08. The van der Waals surface area contributed by atoms with Crippen LogP contribution >= 0.6 is 0 Å². The predicted molar refractivity (Wildman–Crippen MR) is 91.7 cm³/mol. The van der Waals surface area contributed by atoms with E-state index in [0.29, 0.717) is 13.2 Å². The summed E-state index contributed by atoms with van der Waals surface area (Å²) in [4.78, 5) is 24.5. The van der Waals surface area contributed by atoms with Crippen LogP contribution in [0.3, 0.4) is 0 Å². The number of alkyl halides is 3. The number of anilines is 1. The van der Waals surface area contributed by atoms with Gasteiger partial charge in [-0.15, -0.1) is 13.2 Å². The van der Waals surface area contributed by atoms with E-state index >= 15 is 0 Å². The summed E-state index contributed by atoms with van der Waals surface area (Å²) in [5.41, 5.74) is 0.631. The lowest BCUT2D eigenvalue weighted by atomic mass is 10.1. The van der Waals surface area contributed by atoms with Gasteiger partial charge in [0.15, 0.2) is 0 Å². The van der Waals surface area contributed by atoms with Crippen molar-refractivity contribution in [2.75, 3.05) is 25.6 Å². The number of nitrogens with one attached hydrogen (secondary N) is 2. The normalized spacial score (nSPS) is 11.0. The molecule has 2 aromatic carbocycles. The topological polar surface area (TPSA) is 76.7 Å². The molecule has 0 aromatic heterocycles. The smallest absolute Gasteiger partial charge is 0.406 e. The largest absolute Gasteiger partial charge is 0.573 e. The first-order valence-electron chi connectivity index (χ1n) is 7.83. The van der Waals surface area contributed by atoms with E-state index in [1.807, 2.05) is 0 Å². The fourth-order valence-corrected chi connectivity index (χ4v) is 2.15. The second-order valence-electron chi connectivity index (χ2n) is 5.32. The van der Waals surface area contributed by atoms with Crippen LogP contribution in [0.1, 0.15) is 20.7 Å². The van der Waals surface area contributed by atoms with Gasteiger partial charge in [-0.1, -0.05) is 12.1 Å². The van der Waals surface area contributed by atoms with Gasteiger partial charge in [-0.3, -0.25) is 9.59 Å². The molecular weight excluding hydrogens is 365 g/mol. The maximum absolute atomic E-state index is 12.3. The van der Waals surface area contributed by atoms with E-state index in [0.717, 1.165) is 12.1 Å². The lowest BCUT2D eigenvalue weighted by Gasteiger charge is -2.12. The lowest BCUT2D eigenvalue weighted by molar-refractivity contribution is -0.274. The molecule has 0 atom stereocenters. The van der Waals surface area contributed by atoms with Gasteiger partial charge in [0.2, 0.25) is 0 Å². The number of benzene rings is 2. The number of amides is 2. The Labute approximate surface area is 153 Å². The highest BCUT2D eigenvalue weighted by molar-refractivity contribution is 6.09. The minimum atomic E-state index is -4.81. The number of methoxy groups -OCH3 is 1. The minimum Gasteiger partial charge on any atom is -0.406 e. The molecule has 144 valence electrons. The molecule has 2 N–H and O–H groups in total. The third-order valence-electron chi connectivity index (χ3n) is 3.36. The summed E-state index contributed by atoms with van der Waals surface area (Å²) in [7, 11) is 1.51. The lowest BCUT2D eigenvalue weighted by Crippen LogP contribution is -2.28. The van der Waals surface area contributed by atoms with Gasteiger partial charge < -0.3 is 20.1 Å². The molecule has 2 rings (SSSR count). The highest BCUT2D eigenvalue weighted by atomic mass is 19.4. The first-order valence-corrected chi connectivity index (χ1v) is 7.83. The average molecular weight is 382 g/mol. The van der Waals surface area contributed by atoms with Gasteiger partial charge in [0, 0.05) is 19.2 Å². The van der Waals surface area contributed by atoms with Crippen LogP contribution in [0.25, 0.3) is 0 Å². The van der Waals surface area contributed by atoms with Crippen molar-refractivity contribution in [3.63, 3.8) is 0 Å². The summed E-state index contributed by atoms with van der Waals surface area (Å²) in [5.74, 6) is -1.40. The van der Waals surface area contributed by atoms with Gasteiger partial charge in [0.25, 0.3) is 11.8 Å². The molecule has 0 saturated heterocycles. The summed E-state index contributed by atoms with van der Waals surface area (Å²) in [6.07, 6.45) is -4.81. The van der Waals surface area contributed by atoms with Gasteiger partial charge in [0.05, 0.1) is 17.9 Å². The highest BCUT2D eigenvalue weighted by Crippen LogP contribution is 2.23. The van der Waals surface area contributed by atoms with E-state index in [1.54, 1.807) is 18.2 Å². The Hall–Kier alpha value is -3.07. The maximum atomic E-state index is 12.3. The van der Waals surface area contributed by atoms with Gasteiger partial charge >= 0.3 is 6.36 Å². The number of ether oxygens (including phenoxy) is 2.